The lowest BCUT2D eigenvalue weighted by Gasteiger charge is -2.37. The number of nitrogens with zero attached hydrogens (tertiary/aromatic N) is 4. The average Bonchev–Trinajstić information content (AvgIpc) is 3.73. The van der Waals surface area contributed by atoms with Gasteiger partial charge in [-0.2, -0.15) is 4.31 Å². The van der Waals surface area contributed by atoms with Crippen LogP contribution >= 0.6 is 0 Å². The van der Waals surface area contributed by atoms with Crippen molar-refractivity contribution in [3.05, 3.63) is 29.7 Å². The molecule has 2 saturated heterocycles. The zero-order valence-corrected chi connectivity index (χ0v) is 22.0. The van der Waals surface area contributed by atoms with Gasteiger partial charge < -0.3 is 9.47 Å². The van der Waals surface area contributed by atoms with E-state index >= 15 is 0 Å². The molecule has 2 saturated carbocycles. The fourth-order valence-electron chi connectivity index (χ4n) is 5.38. The van der Waals surface area contributed by atoms with E-state index in [1.165, 1.54) is 12.4 Å². The van der Waals surface area contributed by atoms with E-state index in [9.17, 15) is 16.8 Å². The fourth-order valence-corrected chi connectivity index (χ4v) is 9.29. The van der Waals surface area contributed by atoms with Crippen molar-refractivity contribution in [3.63, 3.8) is 0 Å². The molecule has 0 spiro atoms. The van der Waals surface area contributed by atoms with Crippen LogP contribution in [0, 0.1) is 13.8 Å². The molecule has 36 heavy (non-hydrogen) atoms. The van der Waals surface area contributed by atoms with Crippen molar-refractivity contribution < 1.29 is 26.3 Å². The minimum absolute atomic E-state index is 0.0172. The number of aryl methyl sites for hydroxylation is 1. The summed E-state index contributed by atoms with van der Waals surface area (Å²) in [4.78, 5) is 12.8. The van der Waals surface area contributed by atoms with E-state index in [0.29, 0.717) is 54.5 Å². The Morgan fingerprint density at radius 2 is 1.50 bits per heavy atom. The number of rotatable bonds is 8. The molecule has 6 rings (SSSR count). The minimum Gasteiger partial charge on any atom is -0.474 e. The predicted octanol–water partition coefficient (Wildman–Crippen LogP) is 3.08. The molecule has 2 aliphatic carbocycles. The molecule has 0 aromatic carbocycles. The number of piperidine rings is 1. The highest BCUT2D eigenvalue weighted by Gasteiger charge is 2.52. The molecule has 0 amide bonds. The fraction of sp³-hybridized carbons (Fsp3) is 0.625. The van der Waals surface area contributed by atoms with Crippen molar-refractivity contribution in [1.29, 1.82) is 0 Å². The van der Waals surface area contributed by atoms with Crippen LogP contribution in [0.3, 0.4) is 0 Å². The Morgan fingerprint density at radius 1 is 0.861 bits per heavy atom. The average molecular weight is 535 g/mol. The molecule has 2 bridgehead atoms. The lowest BCUT2D eigenvalue weighted by molar-refractivity contribution is 0.0906. The number of sulfone groups is 1. The number of pyridine rings is 1. The topological polar surface area (TPSA) is 129 Å². The van der Waals surface area contributed by atoms with E-state index in [1.807, 2.05) is 0 Å². The molecule has 3 atom stereocenters. The third kappa shape index (κ3) is 4.26. The molecule has 4 fully saturated rings. The Balaban J connectivity index is 1.16. The standard InChI is InChI=1S/C24H30N4O6S2/c1-14-23(33-18-11-16-3-4-17(12-18)28(16)36(31,32)20-7-8-20)25-13-26-24(14)34-21-9-10-22(27-15(21)2)35(29,30)19-5-6-19/h9-10,13,16-20H,3-8,11-12H2,1-2H3/t16-,17?,18?/m0/s1. The first-order valence-corrected chi connectivity index (χ1v) is 15.6. The smallest absolute Gasteiger partial charge is 0.229 e. The summed E-state index contributed by atoms with van der Waals surface area (Å²) in [7, 11) is -6.58. The minimum atomic E-state index is -3.38. The largest absolute Gasteiger partial charge is 0.474 e. The highest BCUT2D eigenvalue weighted by atomic mass is 32.2. The van der Waals surface area contributed by atoms with Crippen LogP contribution in [0.2, 0.25) is 0 Å². The van der Waals surface area contributed by atoms with Crippen molar-refractivity contribution in [3.8, 4) is 17.5 Å². The maximum atomic E-state index is 12.9. The van der Waals surface area contributed by atoms with Gasteiger partial charge in [0.25, 0.3) is 0 Å². The second kappa shape index (κ2) is 8.63. The van der Waals surface area contributed by atoms with Gasteiger partial charge in [-0.05, 0) is 64.5 Å². The van der Waals surface area contributed by atoms with Gasteiger partial charge in [-0.1, -0.05) is 0 Å². The first-order valence-electron chi connectivity index (χ1n) is 12.5. The third-order valence-corrected chi connectivity index (χ3v) is 12.3. The third-order valence-electron chi connectivity index (χ3n) is 7.61. The molecule has 2 unspecified atom stereocenters. The molecule has 4 aliphatic rings. The summed E-state index contributed by atoms with van der Waals surface area (Å²) in [5, 5.41) is -0.443. The molecule has 10 nitrogen and oxygen atoms in total. The Bertz CT molecular complexity index is 1390. The van der Waals surface area contributed by atoms with E-state index in [4.69, 9.17) is 9.47 Å². The number of aromatic nitrogens is 3. The summed E-state index contributed by atoms with van der Waals surface area (Å²) in [5.41, 5.74) is 1.07. The first-order chi connectivity index (χ1) is 17.1. The number of ether oxygens (including phenoxy) is 2. The summed E-state index contributed by atoms with van der Waals surface area (Å²) in [6, 6.07) is 3.05. The van der Waals surface area contributed by atoms with Crippen LogP contribution < -0.4 is 9.47 Å². The Hall–Kier alpha value is -2.31. The second-order valence-corrected chi connectivity index (χ2v) is 14.7. The normalized spacial score (nSPS) is 26.7. The molecule has 4 heterocycles. The van der Waals surface area contributed by atoms with Gasteiger partial charge in [0.05, 0.1) is 21.8 Å². The number of fused-ring (bicyclic) bond motifs is 2. The second-order valence-electron chi connectivity index (χ2n) is 10.4. The molecule has 12 heteroatoms. The zero-order chi connectivity index (χ0) is 25.2. The van der Waals surface area contributed by atoms with Crippen LogP contribution in [0.5, 0.6) is 17.5 Å². The van der Waals surface area contributed by atoms with Crippen LogP contribution in [0.4, 0.5) is 0 Å². The molecule has 2 aromatic rings. The maximum Gasteiger partial charge on any atom is 0.229 e. The quantitative estimate of drug-likeness (QED) is 0.502. The highest BCUT2D eigenvalue weighted by molar-refractivity contribution is 7.92. The Kier molecular flexibility index (Phi) is 5.76. The van der Waals surface area contributed by atoms with Gasteiger partial charge in [-0.3, -0.25) is 0 Å². The lowest BCUT2D eigenvalue weighted by atomic mass is 10.0. The van der Waals surface area contributed by atoms with Crippen molar-refractivity contribution in [1.82, 2.24) is 19.3 Å². The van der Waals surface area contributed by atoms with Crippen molar-refractivity contribution >= 4 is 19.9 Å². The van der Waals surface area contributed by atoms with Gasteiger partial charge in [-0.15, -0.1) is 0 Å². The summed E-state index contributed by atoms with van der Waals surface area (Å²) in [5.74, 6) is 1.12. The van der Waals surface area contributed by atoms with E-state index in [0.717, 1.165) is 25.7 Å². The Labute approximate surface area is 211 Å². The van der Waals surface area contributed by atoms with E-state index in [1.54, 1.807) is 24.2 Å². The van der Waals surface area contributed by atoms with Gasteiger partial charge in [-0.25, -0.2) is 31.8 Å². The molecular weight excluding hydrogens is 504 g/mol. The number of hydrogen-bond acceptors (Lipinski definition) is 9. The van der Waals surface area contributed by atoms with Crippen molar-refractivity contribution in [2.24, 2.45) is 0 Å². The molecule has 2 aromatic heterocycles. The zero-order valence-electron chi connectivity index (χ0n) is 20.3. The molecule has 0 radical (unpaired) electrons. The van der Waals surface area contributed by atoms with Gasteiger partial charge in [0.2, 0.25) is 21.8 Å². The number of hydrogen-bond donors (Lipinski definition) is 0. The van der Waals surface area contributed by atoms with Crippen LogP contribution in [-0.2, 0) is 19.9 Å². The molecule has 0 N–H and O–H groups in total. The van der Waals surface area contributed by atoms with E-state index < -0.39 is 19.9 Å². The highest BCUT2D eigenvalue weighted by Crippen LogP contribution is 2.44. The summed E-state index contributed by atoms with van der Waals surface area (Å²) in [6.45, 7) is 3.51. The summed E-state index contributed by atoms with van der Waals surface area (Å²) < 4.78 is 64.8. The summed E-state index contributed by atoms with van der Waals surface area (Å²) in [6.07, 6.45) is 7.16. The van der Waals surface area contributed by atoms with Gasteiger partial charge in [0.1, 0.15) is 12.4 Å². The molecule has 2 aliphatic heterocycles. The van der Waals surface area contributed by atoms with Gasteiger partial charge >= 0.3 is 0 Å². The molecule has 194 valence electrons. The van der Waals surface area contributed by atoms with Gasteiger partial charge in [0, 0.05) is 24.9 Å². The van der Waals surface area contributed by atoms with Crippen molar-refractivity contribution in [2.75, 3.05) is 0 Å². The lowest BCUT2D eigenvalue weighted by Crippen LogP contribution is -2.50. The van der Waals surface area contributed by atoms with E-state index in [-0.39, 0.29) is 33.7 Å². The maximum absolute atomic E-state index is 12.9. The Morgan fingerprint density at radius 3 is 2.11 bits per heavy atom. The van der Waals surface area contributed by atoms with Crippen molar-refractivity contribution in [2.45, 2.75) is 98.9 Å². The van der Waals surface area contributed by atoms with Crippen LogP contribution in [-0.4, -0.2) is 64.8 Å². The SMILES string of the molecule is Cc1nc(S(=O)(=O)C2CC2)ccc1Oc1ncnc(OC2CC3CC[C@@H](C2)N3S(=O)(=O)C2CC2)c1C. The molecular formula is C24H30N4O6S2. The van der Waals surface area contributed by atoms with Gasteiger partial charge in [0.15, 0.2) is 20.6 Å². The monoisotopic (exact) mass is 534 g/mol. The van der Waals surface area contributed by atoms with E-state index in [2.05, 4.69) is 15.0 Å². The van der Waals surface area contributed by atoms with Crippen LogP contribution in [0.15, 0.2) is 23.5 Å². The van der Waals surface area contributed by atoms with Crippen LogP contribution in [0.1, 0.15) is 62.6 Å². The summed E-state index contributed by atoms with van der Waals surface area (Å²) >= 11 is 0. The number of sulfonamides is 1. The predicted molar refractivity (Wildman–Crippen MR) is 130 cm³/mol. The van der Waals surface area contributed by atoms with Crippen LogP contribution in [0.25, 0.3) is 0 Å². The first kappa shape index (κ1) is 24.1.